The van der Waals surface area contributed by atoms with Crippen molar-refractivity contribution in [2.75, 3.05) is 6.61 Å². The number of hydrogen-bond acceptors (Lipinski definition) is 6. The van der Waals surface area contributed by atoms with Gasteiger partial charge in [0.1, 0.15) is 6.61 Å². The fourth-order valence-corrected chi connectivity index (χ4v) is 6.75. The van der Waals surface area contributed by atoms with Gasteiger partial charge in [-0.1, -0.05) is 130 Å². The molecular formula is C37H45NO5S. The Kier molecular flexibility index (Phi) is 12.2. The Morgan fingerprint density at radius 3 is 1.93 bits per heavy atom. The van der Waals surface area contributed by atoms with E-state index in [-0.39, 0.29) is 29.5 Å². The Morgan fingerprint density at radius 2 is 1.34 bits per heavy atom. The van der Waals surface area contributed by atoms with E-state index in [0.29, 0.717) is 18.6 Å². The first kappa shape index (κ1) is 33.5. The van der Waals surface area contributed by atoms with Crippen LogP contribution in [0.15, 0.2) is 91.0 Å². The number of aliphatic hydroxyl groups excluding tert-OH is 2. The highest BCUT2D eigenvalue weighted by Crippen LogP contribution is 2.44. The molecule has 44 heavy (non-hydrogen) atoms. The van der Waals surface area contributed by atoms with Crippen molar-refractivity contribution in [1.82, 2.24) is 5.32 Å². The van der Waals surface area contributed by atoms with Crippen molar-refractivity contribution in [3.05, 3.63) is 108 Å². The molecule has 0 bridgehead atoms. The minimum Gasteiger partial charge on any atom is -0.449 e. The Labute approximate surface area is 265 Å². The van der Waals surface area contributed by atoms with Crippen LogP contribution in [0.3, 0.4) is 0 Å². The molecule has 0 saturated carbocycles. The predicted molar refractivity (Wildman–Crippen MR) is 178 cm³/mol. The van der Waals surface area contributed by atoms with Gasteiger partial charge in [0.2, 0.25) is 0 Å². The molecular weight excluding hydrogens is 570 g/mol. The van der Waals surface area contributed by atoms with E-state index in [1.54, 1.807) is 0 Å². The molecule has 3 aromatic carbocycles. The van der Waals surface area contributed by atoms with E-state index in [9.17, 15) is 19.8 Å². The minimum atomic E-state index is -1.07. The minimum absolute atomic E-state index is 0.0631. The molecule has 3 aromatic rings. The molecule has 1 amide bonds. The molecule has 0 saturated heterocycles. The van der Waals surface area contributed by atoms with Crippen molar-refractivity contribution in [2.45, 2.75) is 70.5 Å². The standard InChI is InChI=1S/C37H45NO5S/c1-24(2)20-31(36(41)44-23-26-12-6-5-7-13-26)34(39)18-19-35(40)33(21-25(3)4)38-37(42)43-22-32-29-16-10-8-14-27(29)28-15-9-11-17-30(28)32/h5-19,24-25,31-35,39-40H,20-23H2,1-4H3,(H,38,42)/b19-18+. The number of thioether (sulfide) groups is 1. The van der Waals surface area contributed by atoms with Crippen molar-refractivity contribution >= 4 is 23.0 Å². The monoisotopic (exact) mass is 615 g/mol. The van der Waals surface area contributed by atoms with Crippen LogP contribution < -0.4 is 5.32 Å². The van der Waals surface area contributed by atoms with Crippen molar-refractivity contribution in [3.63, 3.8) is 0 Å². The Balaban J connectivity index is 1.37. The summed E-state index contributed by atoms with van der Waals surface area (Å²) in [5.74, 6) is 0.260. The number of ether oxygens (including phenoxy) is 1. The molecule has 6 nitrogen and oxygen atoms in total. The van der Waals surface area contributed by atoms with Crippen LogP contribution in [0.1, 0.15) is 63.1 Å². The summed E-state index contributed by atoms with van der Waals surface area (Å²) < 4.78 is 5.72. The highest BCUT2D eigenvalue weighted by molar-refractivity contribution is 8.13. The second kappa shape index (κ2) is 16.1. The van der Waals surface area contributed by atoms with E-state index in [1.165, 1.54) is 23.9 Å². The highest BCUT2D eigenvalue weighted by atomic mass is 32.2. The van der Waals surface area contributed by atoms with Gasteiger partial charge in [-0.15, -0.1) is 0 Å². The van der Waals surface area contributed by atoms with E-state index >= 15 is 0 Å². The second-order valence-electron chi connectivity index (χ2n) is 12.4. The fraction of sp³-hybridized carbons (Fsp3) is 0.405. The third-order valence-corrected chi connectivity index (χ3v) is 9.02. The molecule has 234 valence electrons. The van der Waals surface area contributed by atoms with E-state index in [2.05, 4.69) is 29.6 Å². The van der Waals surface area contributed by atoms with Gasteiger partial charge in [0.05, 0.1) is 24.2 Å². The van der Waals surface area contributed by atoms with Gasteiger partial charge in [0, 0.05) is 11.7 Å². The molecule has 1 aliphatic rings. The van der Waals surface area contributed by atoms with E-state index in [4.69, 9.17) is 4.74 Å². The maximum absolute atomic E-state index is 13.1. The molecule has 3 N–H and O–H groups in total. The number of benzene rings is 3. The van der Waals surface area contributed by atoms with Crippen LogP contribution in [-0.4, -0.2) is 46.3 Å². The predicted octanol–water partition coefficient (Wildman–Crippen LogP) is 7.34. The number of aliphatic hydroxyl groups is 2. The summed E-state index contributed by atoms with van der Waals surface area (Å²) >= 11 is 1.20. The molecule has 1 aliphatic carbocycles. The number of rotatable bonds is 14. The third kappa shape index (κ3) is 9.07. The first-order valence-electron chi connectivity index (χ1n) is 15.5. The first-order valence-corrected chi connectivity index (χ1v) is 16.5. The van der Waals surface area contributed by atoms with Gasteiger partial charge in [-0.25, -0.2) is 4.79 Å². The summed E-state index contributed by atoms with van der Waals surface area (Å²) in [6, 6.07) is 25.5. The number of fused-ring (bicyclic) bond motifs is 3. The third-order valence-electron chi connectivity index (χ3n) is 7.95. The SMILES string of the molecule is CC(C)CC(NC(=O)OCC1c2ccccc2-c2ccccc21)C(O)/C=C/C(O)C(CC(C)C)C(=O)SCc1ccccc1. The normalized spacial score (nSPS) is 15.5. The molecule has 0 aromatic heterocycles. The molecule has 0 fully saturated rings. The molecule has 0 spiro atoms. The van der Waals surface area contributed by atoms with Crippen LogP contribution in [0, 0.1) is 17.8 Å². The van der Waals surface area contributed by atoms with Gasteiger partial charge < -0.3 is 20.3 Å². The number of alkyl carbamates (subject to hydrolysis) is 1. The molecule has 7 heteroatoms. The summed E-state index contributed by atoms with van der Waals surface area (Å²) in [6.07, 6.45) is 1.28. The number of carbonyl (C=O) groups excluding carboxylic acids is 2. The summed E-state index contributed by atoms with van der Waals surface area (Å²) in [5, 5.41) is 24.9. The van der Waals surface area contributed by atoms with Crippen molar-refractivity contribution < 1.29 is 24.5 Å². The lowest BCUT2D eigenvalue weighted by atomic mass is 9.92. The van der Waals surface area contributed by atoms with E-state index in [1.807, 2.05) is 82.3 Å². The van der Waals surface area contributed by atoms with Gasteiger partial charge >= 0.3 is 6.09 Å². The Hall–Kier alpha value is -3.39. The summed E-state index contributed by atoms with van der Waals surface area (Å²) in [6.45, 7) is 8.24. The molecule has 4 unspecified atom stereocenters. The Bertz CT molecular complexity index is 1360. The maximum atomic E-state index is 13.1. The van der Waals surface area contributed by atoms with Crippen LogP contribution >= 0.6 is 11.8 Å². The first-order chi connectivity index (χ1) is 21.1. The molecule has 0 heterocycles. The van der Waals surface area contributed by atoms with Gasteiger partial charge in [-0.2, -0.15) is 0 Å². The fourth-order valence-electron chi connectivity index (χ4n) is 5.80. The zero-order valence-corrected chi connectivity index (χ0v) is 26.9. The highest BCUT2D eigenvalue weighted by Gasteiger charge is 2.30. The van der Waals surface area contributed by atoms with Crippen LogP contribution in [0.5, 0.6) is 0 Å². The van der Waals surface area contributed by atoms with Crippen molar-refractivity contribution in [1.29, 1.82) is 0 Å². The number of hydrogen-bond donors (Lipinski definition) is 3. The molecule has 0 radical (unpaired) electrons. The van der Waals surface area contributed by atoms with E-state index < -0.39 is 30.3 Å². The number of amides is 1. The van der Waals surface area contributed by atoms with Crippen LogP contribution in [0.4, 0.5) is 4.79 Å². The average Bonchev–Trinajstić information content (AvgIpc) is 3.33. The molecule has 0 aliphatic heterocycles. The smallest absolute Gasteiger partial charge is 0.407 e. The van der Waals surface area contributed by atoms with Crippen LogP contribution in [0.25, 0.3) is 11.1 Å². The topological polar surface area (TPSA) is 95.9 Å². The van der Waals surface area contributed by atoms with Gasteiger partial charge in [-0.05, 0) is 52.5 Å². The summed E-state index contributed by atoms with van der Waals surface area (Å²) in [7, 11) is 0. The zero-order chi connectivity index (χ0) is 31.6. The lowest BCUT2D eigenvalue weighted by molar-refractivity contribution is -0.117. The lowest BCUT2D eigenvalue weighted by Crippen LogP contribution is -2.44. The maximum Gasteiger partial charge on any atom is 0.407 e. The van der Waals surface area contributed by atoms with Crippen molar-refractivity contribution in [3.8, 4) is 11.1 Å². The van der Waals surface area contributed by atoms with Gasteiger partial charge in [0.25, 0.3) is 0 Å². The Morgan fingerprint density at radius 1 is 0.795 bits per heavy atom. The second-order valence-corrected chi connectivity index (χ2v) is 13.4. The summed E-state index contributed by atoms with van der Waals surface area (Å²) in [5.41, 5.74) is 5.61. The van der Waals surface area contributed by atoms with Gasteiger partial charge in [0.15, 0.2) is 5.12 Å². The van der Waals surface area contributed by atoms with Crippen molar-refractivity contribution in [2.24, 2.45) is 17.8 Å². The quantitative estimate of drug-likeness (QED) is 0.164. The van der Waals surface area contributed by atoms with E-state index in [0.717, 1.165) is 27.8 Å². The zero-order valence-electron chi connectivity index (χ0n) is 26.1. The largest absolute Gasteiger partial charge is 0.449 e. The number of carbonyl (C=O) groups is 2. The summed E-state index contributed by atoms with van der Waals surface area (Å²) in [4.78, 5) is 26.1. The molecule has 4 rings (SSSR count). The van der Waals surface area contributed by atoms with Crippen LogP contribution in [-0.2, 0) is 15.3 Å². The van der Waals surface area contributed by atoms with Gasteiger partial charge in [-0.3, -0.25) is 4.79 Å². The molecule has 4 atom stereocenters. The lowest BCUT2D eigenvalue weighted by Gasteiger charge is -2.25. The average molecular weight is 616 g/mol. The number of nitrogens with one attached hydrogen (secondary N) is 1. The van der Waals surface area contributed by atoms with Crippen LogP contribution in [0.2, 0.25) is 0 Å².